The Kier molecular flexibility index (Phi) is 3.68. The second kappa shape index (κ2) is 5.47. The van der Waals surface area contributed by atoms with Gasteiger partial charge in [-0.3, -0.25) is 0 Å². The minimum Gasteiger partial charge on any atom is -0.346 e. The highest BCUT2D eigenvalue weighted by Gasteiger charge is 2.24. The van der Waals surface area contributed by atoms with Gasteiger partial charge in [-0.15, -0.1) is 0 Å². The van der Waals surface area contributed by atoms with E-state index in [9.17, 15) is 8.42 Å². The Labute approximate surface area is 121 Å². The van der Waals surface area contributed by atoms with Crippen molar-refractivity contribution in [3.63, 3.8) is 0 Å². The van der Waals surface area contributed by atoms with E-state index in [1.54, 1.807) is 12.1 Å². The molecule has 0 aliphatic carbocycles. The molecule has 0 unspecified atom stereocenters. The first-order valence-electron chi connectivity index (χ1n) is 6.25. The summed E-state index contributed by atoms with van der Waals surface area (Å²) in [6, 6.07) is 4.86. The number of nitrogens with zero attached hydrogens (tertiary/aromatic N) is 3. The molecule has 1 fully saturated rings. The van der Waals surface area contributed by atoms with E-state index in [0.717, 1.165) is 31.3 Å². The molecule has 1 aliphatic heterocycles. The van der Waals surface area contributed by atoms with Crippen LogP contribution in [-0.2, 0) is 9.84 Å². The van der Waals surface area contributed by atoms with Crippen LogP contribution in [0.3, 0.4) is 0 Å². The Morgan fingerprint density at radius 3 is 2.70 bits per heavy atom. The third-order valence-electron chi connectivity index (χ3n) is 3.04. The molecule has 3 rings (SSSR count). The fraction of sp³-hybridized carbons (Fsp3) is 0.333. The Balaban J connectivity index is 1.90. The van der Waals surface area contributed by atoms with Gasteiger partial charge in [-0.05, 0) is 12.1 Å². The van der Waals surface area contributed by atoms with E-state index in [4.69, 9.17) is 0 Å². The molecule has 0 aromatic carbocycles. The van der Waals surface area contributed by atoms with E-state index < -0.39 is 9.84 Å². The van der Waals surface area contributed by atoms with Gasteiger partial charge in [0.1, 0.15) is 4.21 Å². The molecule has 6 nitrogen and oxygen atoms in total. The summed E-state index contributed by atoms with van der Waals surface area (Å²) in [5.74, 6) is 0. The van der Waals surface area contributed by atoms with Crippen molar-refractivity contribution in [3.8, 4) is 0 Å². The van der Waals surface area contributed by atoms with E-state index in [1.165, 1.54) is 29.8 Å². The quantitative estimate of drug-likeness (QED) is 0.903. The van der Waals surface area contributed by atoms with Crippen LogP contribution in [-0.4, -0.2) is 44.6 Å². The van der Waals surface area contributed by atoms with Crippen LogP contribution in [0.25, 0.3) is 0 Å². The van der Waals surface area contributed by atoms with Gasteiger partial charge in [0.15, 0.2) is 10.2 Å². The van der Waals surface area contributed by atoms with Gasteiger partial charge < -0.3 is 10.2 Å². The second-order valence-corrected chi connectivity index (χ2v) is 7.50. The van der Waals surface area contributed by atoms with Crippen molar-refractivity contribution >= 4 is 26.3 Å². The normalized spacial score (nSPS) is 16.3. The summed E-state index contributed by atoms with van der Waals surface area (Å²) in [7, 11) is -3.55. The van der Waals surface area contributed by atoms with Crippen molar-refractivity contribution in [2.24, 2.45) is 0 Å². The third-order valence-corrected chi connectivity index (χ3v) is 6.23. The van der Waals surface area contributed by atoms with E-state index in [2.05, 4.69) is 20.2 Å². The molecule has 0 bridgehead atoms. The van der Waals surface area contributed by atoms with Gasteiger partial charge in [0.2, 0.25) is 9.84 Å². The minimum atomic E-state index is -3.55. The summed E-state index contributed by atoms with van der Waals surface area (Å²) in [4.78, 5) is 10.3. The number of rotatable bonds is 3. The van der Waals surface area contributed by atoms with Crippen LogP contribution in [0.2, 0.25) is 0 Å². The van der Waals surface area contributed by atoms with Crippen molar-refractivity contribution in [1.29, 1.82) is 0 Å². The molecular formula is C12H14N4O2S2. The Morgan fingerprint density at radius 2 is 2.00 bits per heavy atom. The smallest absolute Gasteiger partial charge is 0.234 e. The molecule has 8 heteroatoms. The maximum absolute atomic E-state index is 12.4. The van der Waals surface area contributed by atoms with Crippen molar-refractivity contribution in [3.05, 3.63) is 30.6 Å². The molecular weight excluding hydrogens is 296 g/mol. The summed E-state index contributed by atoms with van der Waals surface area (Å²) >= 11 is 1.20. The zero-order chi connectivity index (χ0) is 14.0. The number of nitrogens with one attached hydrogen (secondary N) is 1. The van der Waals surface area contributed by atoms with Crippen LogP contribution in [0.5, 0.6) is 0 Å². The first-order valence-corrected chi connectivity index (χ1v) is 8.55. The standard InChI is InChI=1S/C12H14N4O2S2/c17-20(18,10-3-1-2-4-14-10)11-9-15-12(19-11)16-7-5-13-6-8-16/h1-4,9,13H,5-8H2. The van der Waals surface area contributed by atoms with Crippen molar-refractivity contribution in [2.45, 2.75) is 9.24 Å². The number of hydrogen-bond acceptors (Lipinski definition) is 7. The molecule has 2 aromatic rings. The second-order valence-electron chi connectivity index (χ2n) is 4.37. The van der Waals surface area contributed by atoms with Crippen molar-refractivity contribution in [2.75, 3.05) is 31.1 Å². The summed E-state index contributed by atoms with van der Waals surface area (Å²) in [5, 5.41) is 4.07. The number of piperazine rings is 1. The molecule has 0 amide bonds. The maximum Gasteiger partial charge on any atom is 0.234 e. The lowest BCUT2D eigenvalue weighted by Crippen LogP contribution is -2.43. The summed E-state index contributed by atoms with van der Waals surface area (Å²) < 4.78 is 25.1. The molecule has 1 aliphatic rings. The summed E-state index contributed by atoms with van der Waals surface area (Å²) in [6.45, 7) is 3.47. The number of hydrogen-bond donors (Lipinski definition) is 1. The highest BCUT2D eigenvalue weighted by atomic mass is 32.2. The maximum atomic E-state index is 12.4. The molecule has 1 saturated heterocycles. The molecule has 2 aromatic heterocycles. The lowest BCUT2D eigenvalue weighted by atomic mass is 10.4. The largest absolute Gasteiger partial charge is 0.346 e. The third kappa shape index (κ3) is 2.54. The monoisotopic (exact) mass is 310 g/mol. The number of thiazole rings is 1. The lowest BCUT2D eigenvalue weighted by Gasteiger charge is -2.26. The van der Waals surface area contributed by atoms with Crippen LogP contribution in [0.1, 0.15) is 0 Å². The summed E-state index contributed by atoms with van der Waals surface area (Å²) in [5.41, 5.74) is 0. The fourth-order valence-electron chi connectivity index (χ4n) is 1.99. The van der Waals surface area contributed by atoms with E-state index in [0.29, 0.717) is 0 Å². The number of sulfone groups is 1. The molecule has 0 atom stereocenters. The molecule has 0 spiro atoms. The van der Waals surface area contributed by atoms with Crippen LogP contribution < -0.4 is 10.2 Å². The SMILES string of the molecule is O=S(=O)(c1ccccn1)c1cnc(N2CCNCC2)s1. The first-order chi connectivity index (χ1) is 9.68. The predicted molar refractivity (Wildman–Crippen MR) is 76.9 cm³/mol. The van der Waals surface area contributed by atoms with Crippen LogP contribution >= 0.6 is 11.3 Å². The fourth-order valence-corrected chi connectivity index (χ4v) is 4.46. The molecule has 0 saturated carbocycles. The minimum absolute atomic E-state index is 0.0653. The topological polar surface area (TPSA) is 75.2 Å². The number of anilines is 1. The molecule has 0 radical (unpaired) electrons. The van der Waals surface area contributed by atoms with Gasteiger partial charge in [-0.2, -0.15) is 0 Å². The Bertz CT molecular complexity index is 678. The molecule has 20 heavy (non-hydrogen) atoms. The zero-order valence-electron chi connectivity index (χ0n) is 10.7. The highest BCUT2D eigenvalue weighted by Crippen LogP contribution is 2.29. The Hall–Kier alpha value is -1.51. The highest BCUT2D eigenvalue weighted by molar-refractivity contribution is 7.93. The van der Waals surface area contributed by atoms with Gasteiger partial charge in [0.25, 0.3) is 0 Å². The summed E-state index contributed by atoms with van der Waals surface area (Å²) in [6.07, 6.45) is 2.90. The molecule has 1 N–H and O–H groups in total. The van der Waals surface area contributed by atoms with Gasteiger partial charge in [0.05, 0.1) is 6.20 Å². The predicted octanol–water partition coefficient (Wildman–Crippen LogP) is 0.780. The molecule has 3 heterocycles. The van der Waals surface area contributed by atoms with Crippen LogP contribution in [0, 0.1) is 0 Å². The van der Waals surface area contributed by atoms with Gasteiger partial charge >= 0.3 is 0 Å². The average molecular weight is 310 g/mol. The van der Waals surface area contributed by atoms with E-state index >= 15 is 0 Å². The van der Waals surface area contributed by atoms with Crippen molar-refractivity contribution in [1.82, 2.24) is 15.3 Å². The van der Waals surface area contributed by atoms with Crippen LogP contribution in [0.4, 0.5) is 5.13 Å². The Morgan fingerprint density at radius 1 is 1.20 bits per heavy atom. The van der Waals surface area contributed by atoms with E-state index in [-0.39, 0.29) is 9.24 Å². The number of aromatic nitrogens is 2. The molecule has 106 valence electrons. The van der Waals surface area contributed by atoms with E-state index in [1.807, 2.05) is 0 Å². The van der Waals surface area contributed by atoms with Crippen LogP contribution in [0.15, 0.2) is 39.8 Å². The average Bonchev–Trinajstić information content (AvgIpc) is 3.00. The van der Waals surface area contributed by atoms with Gasteiger partial charge in [-0.1, -0.05) is 17.4 Å². The van der Waals surface area contributed by atoms with Crippen molar-refractivity contribution < 1.29 is 8.42 Å². The van der Waals surface area contributed by atoms with Gasteiger partial charge in [-0.25, -0.2) is 18.4 Å². The van der Waals surface area contributed by atoms with Gasteiger partial charge in [0, 0.05) is 32.4 Å². The lowest BCUT2D eigenvalue weighted by molar-refractivity contribution is 0.588. The first kappa shape index (κ1) is 13.5. The zero-order valence-corrected chi connectivity index (χ0v) is 12.3. The number of pyridine rings is 1.